The summed E-state index contributed by atoms with van der Waals surface area (Å²) in [5.41, 5.74) is 3.13. The minimum Gasteiger partial charge on any atom is -0.497 e. The first-order chi connectivity index (χ1) is 16.0. The number of thioether (sulfide) groups is 1. The van der Waals surface area contributed by atoms with Crippen LogP contribution in [0.15, 0.2) is 72.8 Å². The summed E-state index contributed by atoms with van der Waals surface area (Å²) in [7, 11) is 1.59. The van der Waals surface area contributed by atoms with Crippen molar-refractivity contribution >= 4 is 46.7 Å². The molecule has 33 heavy (non-hydrogen) atoms. The van der Waals surface area contributed by atoms with Crippen molar-refractivity contribution in [1.29, 1.82) is 0 Å². The summed E-state index contributed by atoms with van der Waals surface area (Å²) in [5, 5.41) is 3.55. The molecule has 2 aliphatic heterocycles. The van der Waals surface area contributed by atoms with Crippen LogP contribution in [0.25, 0.3) is 0 Å². The van der Waals surface area contributed by atoms with Gasteiger partial charge in [-0.15, -0.1) is 11.8 Å². The highest BCUT2D eigenvalue weighted by Gasteiger charge is 2.59. The largest absolute Gasteiger partial charge is 0.497 e. The Morgan fingerprint density at radius 3 is 2.58 bits per heavy atom. The average molecular weight is 480 g/mol. The molecule has 8 heteroatoms. The molecular formula is C25H22ClN3O3S. The van der Waals surface area contributed by atoms with Gasteiger partial charge in [-0.25, -0.2) is 4.79 Å². The molecule has 3 aromatic rings. The zero-order valence-electron chi connectivity index (χ0n) is 18.0. The number of carbonyl (C=O) groups is 2. The third kappa shape index (κ3) is 3.61. The van der Waals surface area contributed by atoms with E-state index in [0.29, 0.717) is 35.3 Å². The highest BCUT2D eigenvalue weighted by Crippen LogP contribution is 2.54. The van der Waals surface area contributed by atoms with Crippen LogP contribution >= 0.6 is 23.4 Å². The van der Waals surface area contributed by atoms with Gasteiger partial charge in [-0.2, -0.15) is 0 Å². The van der Waals surface area contributed by atoms with Crippen molar-refractivity contribution in [3.05, 3.63) is 88.9 Å². The second kappa shape index (κ2) is 8.65. The molecule has 6 nitrogen and oxygen atoms in total. The average Bonchev–Trinajstić information content (AvgIpc) is 3.38. The second-order valence-corrected chi connectivity index (χ2v) is 9.50. The summed E-state index contributed by atoms with van der Waals surface area (Å²) in [6, 6.07) is 22.0. The smallest absolute Gasteiger partial charge is 0.323 e. The van der Waals surface area contributed by atoms with Gasteiger partial charge in [0, 0.05) is 28.6 Å². The Balaban J connectivity index is 1.48. The second-order valence-electron chi connectivity index (χ2n) is 7.80. The molecule has 0 bridgehead atoms. The van der Waals surface area contributed by atoms with Crippen molar-refractivity contribution in [2.45, 2.75) is 11.4 Å². The Kier molecular flexibility index (Phi) is 5.68. The number of nitrogens with one attached hydrogen (secondary N) is 1. The van der Waals surface area contributed by atoms with Crippen LogP contribution in [0, 0.1) is 0 Å². The Hall–Kier alpha value is -3.16. The van der Waals surface area contributed by atoms with Gasteiger partial charge < -0.3 is 15.0 Å². The van der Waals surface area contributed by atoms with Crippen LogP contribution in [0.3, 0.4) is 0 Å². The first-order valence-electron chi connectivity index (χ1n) is 10.6. The van der Waals surface area contributed by atoms with E-state index in [4.69, 9.17) is 16.3 Å². The van der Waals surface area contributed by atoms with E-state index in [2.05, 4.69) is 5.32 Å². The minimum atomic E-state index is -1.10. The van der Waals surface area contributed by atoms with E-state index < -0.39 is 4.87 Å². The Morgan fingerprint density at radius 1 is 1.09 bits per heavy atom. The van der Waals surface area contributed by atoms with E-state index in [9.17, 15) is 9.59 Å². The highest BCUT2D eigenvalue weighted by atomic mass is 35.5. The fourth-order valence-corrected chi connectivity index (χ4v) is 6.04. The molecule has 2 heterocycles. The predicted octanol–water partition coefficient (Wildman–Crippen LogP) is 5.33. The molecule has 0 aromatic heterocycles. The molecule has 5 rings (SSSR count). The van der Waals surface area contributed by atoms with Crippen LogP contribution < -0.4 is 15.0 Å². The number of hydrogen-bond donors (Lipinski definition) is 1. The Bertz CT molecular complexity index is 1220. The van der Waals surface area contributed by atoms with E-state index in [0.717, 1.165) is 16.8 Å². The summed E-state index contributed by atoms with van der Waals surface area (Å²) in [6.45, 7) is 0.804. The van der Waals surface area contributed by atoms with Gasteiger partial charge in [-0.1, -0.05) is 48.0 Å². The monoisotopic (exact) mass is 479 g/mol. The fourth-order valence-electron chi connectivity index (χ4n) is 4.39. The van der Waals surface area contributed by atoms with Crippen LogP contribution in [-0.4, -0.2) is 36.2 Å². The first-order valence-corrected chi connectivity index (χ1v) is 11.9. The number of nitrogens with zero attached hydrogens (tertiary/aromatic N) is 2. The summed E-state index contributed by atoms with van der Waals surface area (Å²) in [5.74, 6) is 1.24. The van der Waals surface area contributed by atoms with Gasteiger partial charge in [0.2, 0.25) is 0 Å². The number of amides is 3. The number of carbonyl (C=O) groups excluding carboxylic acids is 2. The highest BCUT2D eigenvalue weighted by molar-refractivity contribution is 8.01. The normalized spacial score (nSPS) is 19.2. The van der Waals surface area contributed by atoms with E-state index in [1.807, 2.05) is 48.5 Å². The molecule has 1 atom stereocenters. The first kappa shape index (κ1) is 21.7. The minimum absolute atomic E-state index is 0.129. The molecule has 0 unspecified atom stereocenters. The Morgan fingerprint density at radius 2 is 1.82 bits per heavy atom. The molecule has 168 valence electrons. The molecule has 0 radical (unpaired) electrons. The number of methoxy groups -OCH3 is 1. The van der Waals surface area contributed by atoms with Crippen LogP contribution in [0.4, 0.5) is 16.2 Å². The number of urea groups is 1. The molecule has 3 aromatic carbocycles. The van der Waals surface area contributed by atoms with E-state index in [-0.39, 0.29) is 11.9 Å². The number of benzene rings is 3. The lowest BCUT2D eigenvalue weighted by Crippen LogP contribution is -2.51. The lowest BCUT2D eigenvalue weighted by molar-refractivity contribution is -0.123. The molecule has 2 aliphatic rings. The Labute approximate surface area is 201 Å². The maximum absolute atomic E-state index is 14.0. The maximum atomic E-state index is 14.0. The molecule has 1 spiro atoms. The molecule has 0 saturated carbocycles. The maximum Gasteiger partial charge on any atom is 0.323 e. The van der Waals surface area contributed by atoms with Crippen molar-refractivity contribution in [3.8, 4) is 5.75 Å². The van der Waals surface area contributed by atoms with Gasteiger partial charge >= 0.3 is 6.03 Å². The molecule has 3 amide bonds. The van der Waals surface area contributed by atoms with Crippen LogP contribution in [0.5, 0.6) is 5.75 Å². The van der Waals surface area contributed by atoms with E-state index in [1.165, 1.54) is 11.8 Å². The summed E-state index contributed by atoms with van der Waals surface area (Å²) >= 11 is 7.89. The number of ether oxygens (including phenoxy) is 1. The fraction of sp³-hybridized carbons (Fsp3) is 0.200. The van der Waals surface area contributed by atoms with Crippen molar-refractivity contribution in [2.24, 2.45) is 0 Å². The third-order valence-electron chi connectivity index (χ3n) is 5.97. The number of fused-ring (bicyclic) bond motifs is 2. The number of halogens is 1. The SMILES string of the molecule is COc1ccc(NC(=O)N2CCS[C@]23C(=O)N(Cc2ccccc2Cl)c2ccccc23)cc1. The number of anilines is 2. The summed E-state index contributed by atoms with van der Waals surface area (Å²) in [4.78, 5) is 29.6. The van der Waals surface area contributed by atoms with Gasteiger partial charge in [0.05, 0.1) is 19.3 Å². The number of hydrogen-bond acceptors (Lipinski definition) is 4. The molecule has 1 saturated heterocycles. The lowest BCUT2D eigenvalue weighted by Gasteiger charge is -2.33. The van der Waals surface area contributed by atoms with E-state index in [1.54, 1.807) is 41.2 Å². The quantitative estimate of drug-likeness (QED) is 0.549. The molecule has 1 fully saturated rings. The van der Waals surface area contributed by atoms with Crippen LogP contribution in [0.2, 0.25) is 5.02 Å². The van der Waals surface area contributed by atoms with Crippen molar-refractivity contribution in [3.63, 3.8) is 0 Å². The zero-order chi connectivity index (χ0) is 23.0. The summed E-state index contributed by atoms with van der Waals surface area (Å²) < 4.78 is 5.19. The van der Waals surface area contributed by atoms with Crippen molar-refractivity contribution in [2.75, 3.05) is 29.6 Å². The number of rotatable bonds is 4. The van der Waals surface area contributed by atoms with Crippen LogP contribution in [0.1, 0.15) is 11.1 Å². The van der Waals surface area contributed by atoms with Crippen molar-refractivity contribution < 1.29 is 14.3 Å². The van der Waals surface area contributed by atoms with E-state index >= 15 is 0 Å². The van der Waals surface area contributed by atoms with Gasteiger partial charge in [0.1, 0.15) is 5.75 Å². The van der Waals surface area contributed by atoms with Gasteiger partial charge in [0.15, 0.2) is 4.87 Å². The topological polar surface area (TPSA) is 61.9 Å². The number of para-hydroxylation sites is 1. The zero-order valence-corrected chi connectivity index (χ0v) is 19.5. The predicted molar refractivity (Wildman–Crippen MR) is 132 cm³/mol. The standard InChI is InChI=1S/C25H22ClN3O3S/c1-32-19-12-10-18(11-13-19)27-24(31)29-14-15-33-25(29)20-7-3-5-9-22(20)28(23(25)30)16-17-6-2-4-8-21(17)26/h2-13H,14-16H2,1H3,(H,27,31)/t25-/m1/s1. The summed E-state index contributed by atoms with van der Waals surface area (Å²) in [6.07, 6.45) is 0. The van der Waals surface area contributed by atoms with Gasteiger partial charge in [-0.3, -0.25) is 9.69 Å². The van der Waals surface area contributed by atoms with Gasteiger partial charge in [0.25, 0.3) is 5.91 Å². The van der Waals surface area contributed by atoms with Crippen molar-refractivity contribution in [1.82, 2.24) is 4.90 Å². The third-order valence-corrected chi connectivity index (χ3v) is 7.76. The molecular weight excluding hydrogens is 458 g/mol. The van der Waals surface area contributed by atoms with Gasteiger partial charge in [-0.05, 0) is 42.0 Å². The molecule has 0 aliphatic carbocycles. The lowest BCUT2D eigenvalue weighted by atomic mass is 10.1. The van der Waals surface area contributed by atoms with Crippen LogP contribution in [-0.2, 0) is 16.2 Å². The molecule has 1 N–H and O–H groups in total.